The summed E-state index contributed by atoms with van der Waals surface area (Å²) in [7, 11) is 0. The zero-order chi connectivity index (χ0) is 19.9. The van der Waals surface area contributed by atoms with Crippen molar-refractivity contribution >= 4 is 5.96 Å². The van der Waals surface area contributed by atoms with E-state index in [0.717, 1.165) is 29.3 Å². The monoisotopic (exact) mass is 380 g/mol. The molecule has 0 saturated carbocycles. The number of imidazole rings is 1. The van der Waals surface area contributed by atoms with Crippen LogP contribution in [0, 0.1) is 19.7 Å². The van der Waals surface area contributed by atoms with Crippen molar-refractivity contribution in [3.05, 3.63) is 77.3 Å². The number of pyridine rings is 1. The Bertz CT molecular complexity index is 946. The van der Waals surface area contributed by atoms with Gasteiger partial charge in [-0.1, -0.05) is 18.2 Å². The average Bonchev–Trinajstić information content (AvgIpc) is 3.13. The van der Waals surface area contributed by atoms with Crippen LogP contribution in [0.5, 0.6) is 0 Å². The van der Waals surface area contributed by atoms with E-state index in [1.165, 1.54) is 6.07 Å². The third-order valence-corrected chi connectivity index (χ3v) is 4.33. The van der Waals surface area contributed by atoms with Gasteiger partial charge in [0, 0.05) is 31.7 Å². The minimum absolute atomic E-state index is 0.189. The van der Waals surface area contributed by atoms with Crippen LogP contribution in [-0.4, -0.2) is 27.0 Å². The van der Waals surface area contributed by atoms with Gasteiger partial charge in [-0.15, -0.1) is 0 Å². The van der Waals surface area contributed by atoms with Gasteiger partial charge in [0.15, 0.2) is 5.96 Å². The number of aryl methyl sites for hydroxylation is 2. The van der Waals surface area contributed by atoms with E-state index in [2.05, 4.69) is 25.6 Å². The summed E-state index contributed by atoms with van der Waals surface area (Å²) in [6, 6.07) is 9.08. The molecular formula is C21H25FN6. The lowest BCUT2D eigenvalue weighted by atomic mass is 10.1. The number of halogens is 1. The zero-order valence-electron chi connectivity index (χ0n) is 16.4. The highest BCUT2D eigenvalue weighted by Gasteiger charge is 2.04. The third kappa shape index (κ3) is 4.94. The molecule has 0 amide bonds. The fourth-order valence-electron chi connectivity index (χ4n) is 2.79. The summed E-state index contributed by atoms with van der Waals surface area (Å²) in [5, 5.41) is 6.50. The van der Waals surface area contributed by atoms with Gasteiger partial charge in [-0.2, -0.15) is 0 Å². The molecule has 0 radical (unpaired) electrons. The molecule has 3 rings (SSSR count). The molecule has 28 heavy (non-hydrogen) atoms. The van der Waals surface area contributed by atoms with E-state index in [-0.39, 0.29) is 5.82 Å². The number of aromatic nitrogens is 3. The van der Waals surface area contributed by atoms with E-state index in [4.69, 9.17) is 0 Å². The van der Waals surface area contributed by atoms with Crippen LogP contribution >= 0.6 is 0 Å². The second-order valence-electron chi connectivity index (χ2n) is 6.50. The molecule has 1 aromatic carbocycles. The smallest absolute Gasteiger partial charge is 0.191 e. The summed E-state index contributed by atoms with van der Waals surface area (Å²) in [6.45, 7) is 7.56. The first kappa shape index (κ1) is 19.5. The molecule has 3 aromatic rings. The average molecular weight is 380 g/mol. The Morgan fingerprint density at radius 2 is 1.93 bits per heavy atom. The van der Waals surface area contributed by atoms with Crippen LogP contribution in [0.15, 0.2) is 53.9 Å². The first-order valence-corrected chi connectivity index (χ1v) is 9.29. The summed E-state index contributed by atoms with van der Waals surface area (Å²) in [4.78, 5) is 13.3. The topological polar surface area (TPSA) is 67.1 Å². The Hall–Kier alpha value is -3.22. The number of hydrogen-bond donors (Lipinski definition) is 2. The summed E-state index contributed by atoms with van der Waals surface area (Å²) in [5.74, 6) is 2.25. The molecule has 0 spiro atoms. The first-order valence-electron chi connectivity index (χ1n) is 9.29. The predicted molar refractivity (Wildman–Crippen MR) is 109 cm³/mol. The van der Waals surface area contributed by atoms with Crippen LogP contribution in [0.2, 0.25) is 0 Å². The van der Waals surface area contributed by atoms with Crippen LogP contribution in [0.4, 0.5) is 4.39 Å². The molecular weight excluding hydrogens is 355 g/mol. The summed E-state index contributed by atoms with van der Waals surface area (Å²) in [6.07, 6.45) is 5.47. The molecule has 0 bridgehead atoms. The molecule has 2 aromatic heterocycles. The maximum atomic E-state index is 13.4. The van der Waals surface area contributed by atoms with E-state index >= 15 is 0 Å². The lowest BCUT2D eigenvalue weighted by Gasteiger charge is -2.12. The van der Waals surface area contributed by atoms with Gasteiger partial charge in [0.2, 0.25) is 0 Å². The SMILES string of the molecule is CCNC(=NCc1ccc(-n2ccnc2C)nc1)NCc1ccc(F)c(C)c1. The zero-order valence-corrected chi connectivity index (χ0v) is 16.4. The lowest BCUT2D eigenvalue weighted by Crippen LogP contribution is -2.36. The fourth-order valence-corrected chi connectivity index (χ4v) is 2.79. The van der Waals surface area contributed by atoms with Crippen LogP contribution in [-0.2, 0) is 13.1 Å². The number of guanidine groups is 1. The van der Waals surface area contributed by atoms with Crippen molar-refractivity contribution < 1.29 is 4.39 Å². The molecule has 0 saturated heterocycles. The van der Waals surface area contributed by atoms with Gasteiger partial charge in [-0.25, -0.2) is 19.4 Å². The molecule has 146 valence electrons. The van der Waals surface area contributed by atoms with Gasteiger partial charge in [0.1, 0.15) is 17.5 Å². The number of aliphatic imine (C=N–C) groups is 1. The normalized spacial score (nSPS) is 11.5. The Labute approximate surface area is 164 Å². The largest absolute Gasteiger partial charge is 0.357 e. The van der Waals surface area contributed by atoms with Crippen LogP contribution in [0.25, 0.3) is 5.82 Å². The molecule has 7 heteroatoms. The van der Waals surface area contributed by atoms with Crippen molar-refractivity contribution in [1.82, 2.24) is 25.2 Å². The highest BCUT2D eigenvalue weighted by molar-refractivity contribution is 5.79. The molecule has 2 heterocycles. The first-order chi connectivity index (χ1) is 13.6. The summed E-state index contributed by atoms with van der Waals surface area (Å²) in [5.41, 5.74) is 2.66. The standard InChI is InChI=1S/C21H25FN6/c1-4-23-21(26-12-17-5-7-19(22)15(2)11-17)27-14-18-6-8-20(25-13-18)28-10-9-24-16(28)3/h5-11,13H,4,12,14H2,1-3H3,(H2,23,26,27). The van der Waals surface area contributed by atoms with Crippen LogP contribution in [0.1, 0.15) is 29.4 Å². The summed E-state index contributed by atoms with van der Waals surface area (Å²) < 4.78 is 15.3. The van der Waals surface area contributed by atoms with Gasteiger partial charge >= 0.3 is 0 Å². The molecule has 0 fully saturated rings. The molecule has 0 aliphatic heterocycles. The maximum absolute atomic E-state index is 13.4. The fraction of sp³-hybridized carbons (Fsp3) is 0.286. The number of rotatable bonds is 6. The second-order valence-corrected chi connectivity index (χ2v) is 6.50. The molecule has 6 nitrogen and oxygen atoms in total. The minimum atomic E-state index is -0.189. The number of benzene rings is 1. The Morgan fingerprint density at radius 1 is 1.11 bits per heavy atom. The van der Waals surface area contributed by atoms with E-state index in [1.807, 2.05) is 49.0 Å². The molecule has 0 aliphatic rings. The van der Waals surface area contributed by atoms with Crippen LogP contribution in [0.3, 0.4) is 0 Å². The lowest BCUT2D eigenvalue weighted by molar-refractivity contribution is 0.617. The molecule has 0 atom stereocenters. The predicted octanol–water partition coefficient (Wildman–Crippen LogP) is 3.28. The summed E-state index contributed by atoms with van der Waals surface area (Å²) >= 11 is 0. The minimum Gasteiger partial charge on any atom is -0.357 e. The Kier molecular flexibility index (Phi) is 6.37. The van der Waals surface area contributed by atoms with Gasteiger partial charge < -0.3 is 10.6 Å². The van der Waals surface area contributed by atoms with E-state index in [1.54, 1.807) is 19.2 Å². The molecule has 0 aliphatic carbocycles. The van der Waals surface area contributed by atoms with Crippen molar-refractivity contribution in [3.63, 3.8) is 0 Å². The highest BCUT2D eigenvalue weighted by atomic mass is 19.1. The third-order valence-electron chi connectivity index (χ3n) is 4.33. The van der Waals surface area contributed by atoms with E-state index in [9.17, 15) is 4.39 Å². The van der Waals surface area contributed by atoms with Crippen LogP contribution < -0.4 is 10.6 Å². The number of hydrogen-bond acceptors (Lipinski definition) is 3. The van der Waals surface area contributed by atoms with E-state index in [0.29, 0.717) is 24.6 Å². The van der Waals surface area contributed by atoms with E-state index < -0.39 is 0 Å². The quantitative estimate of drug-likeness (QED) is 0.509. The Balaban J connectivity index is 1.63. The Morgan fingerprint density at radius 3 is 2.57 bits per heavy atom. The van der Waals surface area contributed by atoms with Gasteiger partial charge in [-0.3, -0.25) is 4.57 Å². The maximum Gasteiger partial charge on any atom is 0.191 e. The van der Waals surface area contributed by atoms with Crippen molar-refractivity contribution in [2.75, 3.05) is 6.54 Å². The number of nitrogens with zero attached hydrogens (tertiary/aromatic N) is 4. The van der Waals surface area contributed by atoms with Crippen molar-refractivity contribution in [2.45, 2.75) is 33.9 Å². The van der Waals surface area contributed by atoms with Gasteiger partial charge in [-0.05, 0) is 49.6 Å². The second kappa shape index (κ2) is 9.12. The van der Waals surface area contributed by atoms with Crippen molar-refractivity contribution in [3.8, 4) is 5.82 Å². The van der Waals surface area contributed by atoms with Crippen molar-refractivity contribution in [2.24, 2.45) is 4.99 Å². The van der Waals surface area contributed by atoms with Crippen molar-refractivity contribution in [1.29, 1.82) is 0 Å². The molecule has 0 unspecified atom stereocenters. The number of nitrogens with one attached hydrogen (secondary N) is 2. The highest BCUT2D eigenvalue weighted by Crippen LogP contribution is 2.10. The van der Waals surface area contributed by atoms with Gasteiger partial charge in [0.05, 0.1) is 6.54 Å². The molecule has 2 N–H and O–H groups in total. The van der Waals surface area contributed by atoms with Gasteiger partial charge in [0.25, 0.3) is 0 Å².